The van der Waals surface area contributed by atoms with Gasteiger partial charge < -0.3 is 19.9 Å². The first-order valence-corrected chi connectivity index (χ1v) is 5.73. The lowest BCUT2D eigenvalue weighted by molar-refractivity contribution is 0.174. The number of halogens is 1. The third-order valence-corrected chi connectivity index (χ3v) is 2.78. The van der Waals surface area contributed by atoms with E-state index in [-0.39, 0.29) is 6.79 Å². The largest absolute Gasteiger partial charge is 0.455 e. The van der Waals surface area contributed by atoms with Crippen LogP contribution in [0.15, 0.2) is 36.4 Å². The van der Waals surface area contributed by atoms with E-state index in [9.17, 15) is 0 Å². The van der Waals surface area contributed by atoms with Crippen molar-refractivity contribution in [3.63, 3.8) is 0 Å². The second-order valence-electron chi connectivity index (χ2n) is 3.80. The number of ether oxygens (including phenoxy) is 3. The van der Waals surface area contributed by atoms with Crippen LogP contribution < -0.4 is 19.9 Å². The van der Waals surface area contributed by atoms with Gasteiger partial charge in [-0.25, -0.2) is 0 Å². The van der Waals surface area contributed by atoms with Gasteiger partial charge in [0, 0.05) is 11.1 Å². The molecule has 1 heterocycles. The van der Waals surface area contributed by atoms with Crippen LogP contribution in [0.3, 0.4) is 0 Å². The number of hydrogen-bond acceptors (Lipinski definition) is 4. The Labute approximate surface area is 109 Å². The van der Waals surface area contributed by atoms with Crippen LogP contribution in [0.4, 0.5) is 5.69 Å². The smallest absolute Gasteiger partial charge is 0.231 e. The summed E-state index contributed by atoms with van der Waals surface area (Å²) in [6.45, 7) is 0.238. The molecule has 4 nitrogen and oxygen atoms in total. The van der Waals surface area contributed by atoms with Gasteiger partial charge in [-0.3, -0.25) is 0 Å². The van der Waals surface area contributed by atoms with E-state index in [4.69, 9.17) is 31.5 Å². The maximum Gasteiger partial charge on any atom is 0.231 e. The van der Waals surface area contributed by atoms with Gasteiger partial charge in [0.05, 0.1) is 5.69 Å². The number of rotatable bonds is 2. The van der Waals surface area contributed by atoms with E-state index in [1.807, 2.05) is 0 Å². The van der Waals surface area contributed by atoms with Crippen molar-refractivity contribution in [1.29, 1.82) is 0 Å². The minimum atomic E-state index is 0.238. The normalized spacial score (nSPS) is 12.5. The van der Waals surface area contributed by atoms with Crippen LogP contribution in [0.2, 0.25) is 5.02 Å². The summed E-state index contributed by atoms with van der Waals surface area (Å²) in [6, 6.07) is 10.4. The molecule has 0 unspecified atom stereocenters. The Kier molecular flexibility index (Phi) is 2.64. The van der Waals surface area contributed by atoms with Gasteiger partial charge in [-0.05, 0) is 30.3 Å². The predicted octanol–water partition coefficient (Wildman–Crippen LogP) is 3.44. The molecule has 0 aromatic heterocycles. The maximum atomic E-state index is 5.82. The molecule has 0 atom stereocenters. The lowest BCUT2D eigenvalue weighted by Crippen LogP contribution is -1.93. The average molecular weight is 264 g/mol. The third-order valence-electron chi connectivity index (χ3n) is 2.54. The number of hydrogen-bond donors (Lipinski definition) is 1. The molecule has 0 bridgehead atoms. The number of anilines is 1. The van der Waals surface area contributed by atoms with Crippen molar-refractivity contribution in [3.05, 3.63) is 41.4 Å². The van der Waals surface area contributed by atoms with Crippen LogP contribution in [-0.2, 0) is 0 Å². The highest BCUT2D eigenvalue weighted by Crippen LogP contribution is 2.37. The van der Waals surface area contributed by atoms with Crippen LogP contribution in [0.25, 0.3) is 0 Å². The first-order chi connectivity index (χ1) is 8.72. The number of benzene rings is 2. The van der Waals surface area contributed by atoms with Crippen molar-refractivity contribution in [2.45, 2.75) is 0 Å². The molecule has 2 aromatic rings. The highest BCUT2D eigenvalue weighted by Gasteiger charge is 2.14. The van der Waals surface area contributed by atoms with Gasteiger partial charge in [0.2, 0.25) is 6.79 Å². The number of fused-ring (bicyclic) bond motifs is 1. The third kappa shape index (κ3) is 2.02. The summed E-state index contributed by atoms with van der Waals surface area (Å²) < 4.78 is 16.2. The number of nitrogen functional groups attached to an aromatic ring is 1. The molecule has 0 amide bonds. The van der Waals surface area contributed by atoms with Crippen molar-refractivity contribution in [3.8, 4) is 23.0 Å². The molecule has 92 valence electrons. The topological polar surface area (TPSA) is 53.7 Å². The van der Waals surface area contributed by atoms with Crippen molar-refractivity contribution in [2.75, 3.05) is 12.5 Å². The zero-order chi connectivity index (χ0) is 12.5. The van der Waals surface area contributed by atoms with E-state index < -0.39 is 0 Å². The van der Waals surface area contributed by atoms with E-state index in [0.717, 1.165) is 0 Å². The van der Waals surface area contributed by atoms with E-state index in [1.165, 1.54) is 0 Å². The summed E-state index contributed by atoms with van der Waals surface area (Å²) in [6.07, 6.45) is 0. The highest BCUT2D eigenvalue weighted by atomic mass is 35.5. The van der Waals surface area contributed by atoms with Gasteiger partial charge in [-0.2, -0.15) is 0 Å². The molecule has 3 rings (SSSR count). The van der Waals surface area contributed by atoms with Gasteiger partial charge in [0.25, 0.3) is 0 Å². The second kappa shape index (κ2) is 4.31. The highest BCUT2D eigenvalue weighted by molar-refractivity contribution is 6.30. The maximum absolute atomic E-state index is 5.82. The lowest BCUT2D eigenvalue weighted by Gasteiger charge is -2.09. The van der Waals surface area contributed by atoms with E-state index in [0.29, 0.717) is 33.7 Å². The van der Waals surface area contributed by atoms with E-state index in [1.54, 1.807) is 36.4 Å². The average Bonchev–Trinajstić information content (AvgIpc) is 2.80. The molecule has 0 radical (unpaired) electrons. The van der Waals surface area contributed by atoms with Crippen molar-refractivity contribution >= 4 is 17.3 Å². The first-order valence-electron chi connectivity index (χ1n) is 5.35. The standard InChI is InChI=1S/C13H10ClNO3/c14-8-1-3-11(10(15)5-8)18-9-2-4-12-13(6-9)17-7-16-12/h1-6H,7,15H2. The molecule has 1 aliphatic rings. The first kappa shape index (κ1) is 11.0. The molecule has 2 aromatic carbocycles. The van der Waals surface area contributed by atoms with Crippen LogP contribution >= 0.6 is 11.6 Å². The monoisotopic (exact) mass is 263 g/mol. The summed E-state index contributed by atoms with van der Waals surface area (Å²) >= 11 is 5.82. The van der Waals surface area contributed by atoms with Gasteiger partial charge >= 0.3 is 0 Å². The summed E-state index contributed by atoms with van der Waals surface area (Å²) in [7, 11) is 0. The molecule has 0 spiro atoms. The zero-order valence-corrected chi connectivity index (χ0v) is 10.1. The van der Waals surface area contributed by atoms with Crippen LogP contribution in [0.5, 0.6) is 23.0 Å². The Hall–Kier alpha value is -2.07. The van der Waals surface area contributed by atoms with Gasteiger partial charge in [0.1, 0.15) is 11.5 Å². The van der Waals surface area contributed by atoms with Gasteiger partial charge in [0.15, 0.2) is 11.5 Å². The summed E-state index contributed by atoms with van der Waals surface area (Å²) in [4.78, 5) is 0. The van der Waals surface area contributed by atoms with Crippen molar-refractivity contribution < 1.29 is 14.2 Å². The molecular weight excluding hydrogens is 254 g/mol. The minimum absolute atomic E-state index is 0.238. The molecule has 1 aliphatic heterocycles. The lowest BCUT2D eigenvalue weighted by atomic mass is 10.3. The van der Waals surface area contributed by atoms with Crippen LogP contribution in [0, 0.1) is 0 Å². The van der Waals surface area contributed by atoms with Crippen molar-refractivity contribution in [2.24, 2.45) is 0 Å². The Morgan fingerprint density at radius 1 is 1.06 bits per heavy atom. The molecule has 18 heavy (non-hydrogen) atoms. The molecule has 0 saturated carbocycles. The fraction of sp³-hybridized carbons (Fsp3) is 0.0769. The fourth-order valence-corrected chi connectivity index (χ4v) is 1.86. The quantitative estimate of drug-likeness (QED) is 0.843. The Morgan fingerprint density at radius 3 is 2.72 bits per heavy atom. The Morgan fingerprint density at radius 2 is 1.89 bits per heavy atom. The molecule has 0 saturated heterocycles. The molecular formula is C13H10ClNO3. The van der Waals surface area contributed by atoms with Crippen molar-refractivity contribution in [1.82, 2.24) is 0 Å². The molecule has 0 fully saturated rings. The summed E-state index contributed by atoms with van der Waals surface area (Å²) in [5.41, 5.74) is 6.30. The van der Waals surface area contributed by atoms with Gasteiger partial charge in [-0.15, -0.1) is 0 Å². The zero-order valence-electron chi connectivity index (χ0n) is 9.35. The van der Waals surface area contributed by atoms with Crippen LogP contribution in [0.1, 0.15) is 0 Å². The van der Waals surface area contributed by atoms with Crippen LogP contribution in [-0.4, -0.2) is 6.79 Å². The summed E-state index contributed by atoms with van der Waals surface area (Å²) in [5.74, 6) is 2.57. The Balaban J connectivity index is 1.88. The second-order valence-corrected chi connectivity index (χ2v) is 4.24. The predicted molar refractivity (Wildman–Crippen MR) is 68.5 cm³/mol. The molecule has 5 heteroatoms. The SMILES string of the molecule is Nc1cc(Cl)ccc1Oc1ccc2c(c1)OCO2. The molecule has 0 aliphatic carbocycles. The minimum Gasteiger partial charge on any atom is -0.455 e. The van der Waals surface area contributed by atoms with E-state index in [2.05, 4.69) is 0 Å². The Bertz CT molecular complexity index is 601. The molecule has 2 N–H and O–H groups in total. The summed E-state index contributed by atoms with van der Waals surface area (Å²) in [5, 5.41) is 0.575. The fourth-order valence-electron chi connectivity index (χ4n) is 1.68. The van der Waals surface area contributed by atoms with E-state index >= 15 is 0 Å². The van der Waals surface area contributed by atoms with Gasteiger partial charge in [-0.1, -0.05) is 11.6 Å². The number of nitrogens with two attached hydrogens (primary N) is 1.